The number of rotatable bonds is 6. The van der Waals surface area contributed by atoms with E-state index in [0.29, 0.717) is 11.6 Å². The minimum absolute atomic E-state index is 0.0221. The van der Waals surface area contributed by atoms with Crippen LogP contribution < -0.4 is 0 Å². The van der Waals surface area contributed by atoms with E-state index in [1.165, 1.54) is 0 Å². The number of nitrogens with zero attached hydrogens (tertiary/aromatic N) is 5. The second kappa shape index (κ2) is 8.37. The van der Waals surface area contributed by atoms with Crippen LogP contribution in [0.3, 0.4) is 0 Å². The topological polar surface area (TPSA) is 79.7 Å². The number of nitrogens with one attached hydrogen (secondary N) is 1. The molecule has 0 atom stereocenters. The first-order chi connectivity index (χ1) is 13.7. The standard InChI is InChI=1S/C21H26N6O/c1-2-5-17-14-19(25-24-17)21(28)26-11-7-16(8-12-26)20-23-10-13-27(20)15-18-6-3-4-9-22-18/h3-4,6,9-10,13-14,16H,2,5,7-8,11-12,15H2,1H3,(H,24,25). The van der Waals surface area contributed by atoms with E-state index in [-0.39, 0.29) is 5.91 Å². The van der Waals surface area contributed by atoms with Gasteiger partial charge in [0.15, 0.2) is 0 Å². The summed E-state index contributed by atoms with van der Waals surface area (Å²) in [5.74, 6) is 1.47. The fourth-order valence-corrected chi connectivity index (χ4v) is 3.85. The van der Waals surface area contributed by atoms with Crippen LogP contribution in [0.5, 0.6) is 0 Å². The third kappa shape index (κ3) is 3.98. The normalized spacial score (nSPS) is 15.1. The average Bonchev–Trinajstić information content (AvgIpc) is 3.38. The highest BCUT2D eigenvalue weighted by Gasteiger charge is 2.28. The molecule has 28 heavy (non-hydrogen) atoms. The zero-order valence-corrected chi connectivity index (χ0v) is 16.2. The molecule has 7 heteroatoms. The molecule has 1 amide bonds. The van der Waals surface area contributed by atoms with Gasteiger partial charge in [0.25, 0.3) is 5.91 Å². The zero-order chi connectivity index (χ0) is 19.3. The summed E-state index contributed by atoms with van der Waals surface area (Å²) >= 11 is 0. The number of amides is 1. The highest BCUT2D eigenvalue weighted by atomic mass is 16.2. The first-order valence-corrected chi connectivity index (χ1v) is 9.99. The summed E-state index contributed by atoms with van der Waals surface area (Å²) in [6.45, 7) is 4.31. The van der Waals surface area contributed by atoms with Gasteiger partial charge in [-0.15, -0.1) is 0 Å². The SMILES string of the molecule is CCCc1cc(C(=O)N2CCC(c3nccn3Cc3ccccn3)CC2)n[nH]1. The largest absolute Gasteiger partial charge is 0.337 e. The lowest BCUT2D eigenvalue weighted by Crippen LogP contribution is -2.38. The van der Waals surface area contributed by atoms with Gasteiger partial charge in [0.2, 0.25) is 0 Å². The predicted molar refractivity (Wildman–Crippen MR) is 106 cm³/mol. The van der Waals surface area contributed by atoms with Crippen molar-refractivity contribution in [2.75, 3.05) is 13.1 Å². The summed E-state index contributed by atoms with van der Waals surface area (Å²) in [7, 11) is 0. The fraction of sp³-hybridized carbons (Fsp3) is 0.429. The summed E-state index contributed by atoms with van der Waals surface area (Å²) in [6, 6.07) is 7.85. The van der Waals surface area contributed by atoms with Gasteiger partial charge in [-0.2, -0.15) is 5.10 Å². The van der Waals surface area contributed by atoms with Crippen LogP contribution in [0.25, 0.3) is 0 Å². The molecule has 0 unspecified atom stereocenters. The van der Waals surface area contributed by atoms with Crippen molar-refractivity contribution in [3.63, 3.8) is 0 Å². The number of piperidine rings is 1. The molecular weight excluding hydrogens is 352 g/mol. The number of imidazole rings is 1. The van der Waals surface area contributed by atoms with Crippen molar-refractivity contribution < 1.29 is 4.79 Å². The van der Waals surface area contributed by atoms with Gasteiger partial charge >= 0.3 is 0 Å². The van der Waals surface area contributed by atoms with Gasteiger partial charge in [-0.25, -0.2) is 4.98 Å². The second-order valence-electron chi connectivity index (χ2n) is 7.33. The Morgan fingerprint density at radius 2 is 2.07 bits per heavy atom. The number of hydrogen-bond acceptors (Lipinski definition) is 4. The molecule has 4 heterocycles. The molecule has 3 aromatic heterocycles. The molecule has 1 fully saturated rings. The van der Waals surface area contributed by atoms with E-state index in [2.05, 4.69) is 31.7 Å². The minimum atomic E-state index is 0.0221. The third-order valence-corrected chi connectivity index (χ3v) is 5.32. The van der Waals surface area contributed by atoms with E-state index >= 15 is 0 Å². The molecule has 0 spiro atoms. The number of H-pyrrole nitrogens is 1. The van der Waals surface area contributed by atoms with E-state index in [4.69, 9.17) is 0 Å². The Hall–Kier alpha value is -2.96. The molecule has 1 aliphatic rings. The molecule has 7 nitrogen and oxygen atoms in total. The Kier molecular flexibility index (Phi) is 5.50. The van der Waals surface area contributed by atoms with Crippen LogP contribution in [0.1, 0.15) is 59.8 Å². The quantitative estimate of drug-likeness (QED) is 0.715. The maximum atomic E-state index is 12.7. The number of hydrogen-bond donors (Lipinski definition) is 1. The number of pyridine rings is 1. The van der Waals surface area contributed by atoms with Crippen LogP contribution in [0.4, 0.5) is 0 Å². The van der Waals surface area contributed by atoms with Crippen molar-refractivity contribution in [2.24, 2.45) is 0 Å². The van der Waals surface area contributed by atoms with Crippen LogP contribution in [-0.2, 0) is 13.0 Å². The van der Waals surface area contributed by atoms with Gasteiger partial charge in [0, 0.05) is 43.3 Å². The number of carbonyl (C=O) groups is 1. The molecule has 1 N–H and O–H groups in total. The predicted octanol–water partition coefficient (Wildman–Crippen LogP) is 3.02. The Labute approximate surface area is 164 Å². The number of aromatic amines is 1. The molecule has 0 aliphatic carbocycles. The number of aromatic nitrogens is 5. The van der Waals surface area contributed by atoms with E-state index in [1.807, 2.05) is 47.8 Å². The van der Waals surface area contributed by atoms with Crippen molar-refractivity contribution in [3.05, 3.63) is 65.8 Å². The Bertz CT molecular complexity index is 908. The van der Waals surface area contributed by atoms with E-state index in [1.54, 1.807) is 0 Å². The zero-order valence-electron chi connectivity index (χ0n) is 16.2. The lowest BCUT2D eigenvalue weighted by atomic mass is 9.95. The molecule has 0 bridgehead atoms. The summed E-state index contributed by atoms with van der Waals surface area (Å²) in [5.41, 5.74) is 2.58. The van der Waals surface area contributed by atoms with Gasteiger partial charge in [0.1, 0.15) is 11.5 Å². The minimum Gasteiger partial charge on any atom is -0.337 e. The number of aryl methyl sites for hydroxylation is 1. The molecule has 4 rings (SSSR count). The van der Waals surface area contributed by atoms with Crippen LogP contribution >= 0.6 is 0 Å². The van der Waals surface area contributed by atoms with Crippen molar-refractivity contribution >= 4 is 5.91 Å². The first kappa shape index (κ1) is 18.4. The Morgan fingerprint density at radius 1 is 1.21 bits per heavy atom. The monoisotopic (exact) mass is 378 g/mol. The lowest BCUT2D eigenvalue weighted by Gasteiger charge is -2.31. The summed E-state index contributed by atoms with van der Waals surface area (Å²) < 4.78 is 2.18. The van der Waals surface area contributed by atoms with Crippen LogP contribution in [0, 0.1) is 0 Å². The maximum Gasteiger partial charge on any atom is 0.274 e. The molecule has 0 radical (unpaired) electrons. The smallest absolute Gasteiger partial charge is 0.274 e. The number of likely N-dealkylation sites (tertiary alicyclic amines) is 1. The van der Waals surface area contributed by atoms with Crippen LogP contribution in [-0.4, -0.2) is 48.6 Å². The van der Waals surface area contributed by atoms with Gasteiger partial charge < -0.3 is 9.47 Å². The summed E-state index contributed by atoms with van der Waals surface area (Å²) in [5, 5.41) is 7.17. The van der Waals surface area contributed by atoms with Crippen molar-refractivity contribution in [3.8, 4) is 0 Å². The van der Waals surface area contributed by atoms with E-state index in [9.17, 15) is 4.79 Å². The molecule has 3 aromatic rings. The van der Waals surface area contributed by atoms with Crippen LogP contribution in [0.15, 0.2) is 42.9 Å². The summed E-state index contributed by atoms with van der Waals surface area (Å²) in [6.07, 6.45) is 9.47. The molecule has 0 saturated carbocycles. The number of carbonyl (C=O) groups excluding carboxylic acids is 1. The Balaban J connectivity index is 1.38. The second-order valence-corrected chi connectivity index (χ2v) is 7.33. The lowest BCUT2D eigenvalue weighted by molar-refractivity contribution is 0.0704. The fourth-order valence-electron chi connectivity index (χ4n) is 3.85. The van der Waals surface area contributed by atoms with Crippen LogP contribution in [0.2, 0.25) is 0 Å². The Morgan fingerprint density at radius 3 is 2.82 bits per heavy atom. The average molecular weight is 378 g/mol. The highest BCUT2D eigenvalue weighted by Crippen LogP contribution is 2.28. The van der Waals surface area contributed by atoms with Gasteiger partial charge in [-0.05, 0) is 37.5 Å². The van der Waals surface area contributed by atoms with E-state index < -0.39 is 0 Å². The molecule has 1 saturated heterocycles. The molecule has 0 aromatic carbocycles. The van der Waals surface area contributed by atoms with Crippen molar-refractivity contribution in [2.45, 2.75) is 45.1 Å². The molecular formula is C21H26N6O. The van der Waals surface area contributed by atoms with Gasteiger partial charge in [0.05, 0.1) is 12.2 Å². The maximum absolute atomic E-state index is 12.7. The first-order valence-electron chi connectivity index (χ1n) is 9.99. The molecule has 1 aliphatic heterocycles. The van der Waals surface area contributed by atoms with Gasteiger partial charge in [-0.1, -0.05) is 19.4 Å². The van der Waals surface area contributed by atoms with E-state index in [0.717, 1.165) is 62.5 Å². The molecule has 146 valence electrons. The van der Waals surface area contributed by atoms with Gasteiger partial charge in [-0.3, -0.25) is 14.9 Å². The third-order valence-electron chi connectivity index (χ3n) is 5.32. The highest BCUT2D eigenvalue weighted by molar-refractivity contribution is 5.92. The summed E-state index contributed by atoms with van der Waals surface area (Å²) in [4.78, 5) is 23.7. The van der Waals surface area contributed by atoms with Crippen molar-refractivity contribution in [1.82, 2.24) is 29.6 Å². The van der Waals surface area contributed by atoms with Crippen molar-refractivity contribution in [1.29, 1.82) is 0 Å².